The van der Waals surface area contributed by atoms with Crippen molar-refractivity contribution in [3.05, 3.63) is 33.6 Å². The molecule has 1 aliphatic carbocycles. The highest BCUT2D eigenvalue weighted by molar-refractivity contribution is 5.98. The van der Waals surface area contributed by atoms with Gasteiger partial charge < -0.3 is 0 Å². The average Bonchev–Trinajstić information content (AvgIpc) is 2.18. The molecule has 0 saturated heterocycles. The molecular weight excluding hydrogens is 184 g/mol. The second kappa shape index (κ2) is 3.17. The molecule has 72 valence electrons. The lowest BCUT2D eigenvalue weighted by molar-refractivity contribution is -0.385. The monoisotopic (exact) mass is 192 g/mol. The number of aryl methyl sites for hydroxylation is 1. The first-order valence-electron chi connectivity index (χ1n) is 4.35. The molecule has 0 fully saturated rings. The van der Waals surface area contributed by atoms with Gasteiger partial charge in [0.05, 0.1) is 10.6 Å². The Kier molecular flexibility index (Phi) is 1.99. The van der Waals surface area contributed by atoms with Crippen LogP contribution in [0.25, 0.3) is 0 Å². The number of carbonyl (C=O) groups is 1. The minimum absolute atomic E-state index is 0.0394. The molecule has 2 rings (SSSR count). The SMILES string of the molecule is O=C1CCCc2ncc([N+](=O)[O-])cc21. The highest BCUT2D eigenvalue weighted by Gasteiger charge is 2.21. The van der Waals surface area contributed by atoms with Crippen LogP contribution in [0.5, 0.6) is 0 Å². The summed E-state index contributed by atoms with van der Waals surface area (Å²) in [6.45, 7) is 0. The van der Waals surface area contributed by atoms with Gasteiger partial charge in [0.15, 0.2) is 5.78 Å². The second-order valence-corrected chi connectivity index (χ2v) is 3.22. The molecule has 0 amide bonds. The predicted octanol–water partition coefficient (Wildman–Crippen LogP) is 1.51. The van der Waals surface area contributed by atoms with E-state index in [9.17, 15) is 14.9 Å². The molecule has 0 aliphatic heterocycles. The summed E-state index contributed by atoms with van der Waals surface area (Å²) >= 11 is 0. The van der Waals surface area contributed by atoms with Crippen molar-refractivity contribution in [1.29, 1.82) is 0 Å². The number of carbonyl (C=O) groups excluding carboxylic acids is 1. The molecule has 5 nitrogen and oxygen atoms in total. The van der Waals surface area contributed by atoms with E-state index in [4.69, 9.17) is 0 Å². The highest BCUT2D eigenvalue weighted by Crippen LogP contribution is 2.22. The van der Waals surface area contributed by atoms with Crippen molar-refractivity contribution < 1.29 is 9.72 Å². The van der Waals surface area contributed by atoms with E-state index in [-0.39, 0.29) is 11.5 Å². The fraction of sp³-hybridized carbons (Fsp3) is 0.333. The van der Waals surface area contributed by atoms with E-state index < -0.39 is 4.92 Å². The second-order valence-electron chi connectivity index (χ2n) is 3.22. The molecule has 0 saturated carbocycles. The number of hydrogen-bond donors (Lipinski definition) is 0. The normalized spacial score (nSPS) is 15.0. The Hall–Kier alpha value is -1.78. The van der Waals surface area contributed by atoms with Crippen LogP contribution >= 0.6 is 0 Å². The van der Waals surface area contributed by atoms with Gasteiger partial charge in [0.25, 0.3) is 5.69 Å². The van der Waals surface area contributed by atoms with E-state index in [2.05, 4.69) is 4.98 Å². The average molecular weight is 192 g/mol. The number of nitro groups is 1. The van der Waals surface area contributed by atoms with Crippen molar-refractivity contribution in [2.45, 2.75) is 19.3 Å². The van der Waals surface area contributed by atoms with Crippen LogP contribution in [0, 0.1) is 10.1 Å². The van der Waals surface area contributed by atoms with Crippen LogP contribution in [0.1, 0.15) is 28.9 Å². The summed E-state index contributed by atoms with van der Waals surface area (Å²) in [5, 5.41) is 10.4. The molecular formula is C9H8N2O3. The van der Waals surface area contributed by atoms with Crippen LogP contribution in [0.15, 0.2) is 12.3 Å². The summed E-state index contributed by atoms with van der Waals surface area (Å²) in [4.78, 5) is 25.2. The van der Waals surface area contributed by atoms with Crippen molar-refractivity contribution in [3.8, 4) is 0 Å². The number of fused-ring (bicyclic) bond motifs is 1. The molecule has 5 heteroatoms. The maximum absolute atomic E-state index is 11.4. The minimum atomic E-state index is -0.533. The van der Waals surface area contributed by atoms with Gasteiger partial charge >= 0.3 is 0 Å². The lowest BCUT2D eigenvalue weighted by Gasteiger charge is -2.11. The van der Waals surface area contributed by atoms with Gasteiger partial charge in [-0.05, 0) is 12.8 Å². The van der Waals surface area contributed by atoms with E-state index in [1.807, 2.05) is 0 Å². The van der Waals surface area contributed by atoms with E-state index >= 15 is 0 Å². The summed E-state index contributed by atoms with van der Waals surface area (Å²) in [6.07, 6.45) is 3.20. The van der Waals surface area contributed by atoms with Crippen molar-refractivity contribution in [1.82, 2.24) is 4.98 Å². The van der Waals surface area contributed by atoms with Crippen LogP contribution in [-0.2, 0) is 6.42 Å². The molecule has 0 spiro atoms. The zero-order chi connectivity index (χ0) is 10.1. The lowest BCUT2D eigenvalue weighted by Crippen LogP contribution is -2.12. The Labute approximate surface area is 79.9 Å². The number of nitrogens with zero attached hydrogens (tertiary/aromatic N) is 2. The molecule has 14 heavy (non-hydrogen) atoms. The fourth-order valence-corrected chi connectivity index (χ4v) is 1.57. The Morgan fingerprint density at radius 3 is 2.93 bits per heavy atom. The lowest BCUT2D eigenvalue weighted by atomic mass is 9.95. The maximum Gasteiger partial charge on any atom is 0.288 e. The molecule has 1 heterocycles. The molecule has 0 unspecified atom stereocenters. The van der Waals surface area contributed by atoms with Gasteiger partial charge in [0.1, 0.15) is 6.20 Å². The standard InChI is InChI=1S/C9H8N2O3/c12-9-3-1-2-8-7(9)4-6(5-10-8)11(13)14/h4-5H,1-3H2. The van der Waals surface area contributed by atoms with Crippen molar-refractivity contribution in [2.75, 3.05) is 0 Å². The largest absolute Gasteiger partial charge is 0.294 e. The smallest absolute Gasteiger partial charge is 0.288 e. The third kappa shape index (κ3) is 1.37. The van der Waals surface area contributed by atoms with Gasteiger partial charge in [-0.15, -0.1) is 0 Å². The van der Waals surface area contributed by atoms with Crippen molar-refractivity contribution in [3.63, 3.8) is 0 Å². The number of hydrogen-bond acceptors (Lipinski definition) is 4. The molecule has 0 atom stereocenters. The fourth-order valence-electron chi connectivity index (χ4n) is 1.57. The predicted molar refractivity (Wildman–Crippen MR) is 48.2 cm³/mol. The summed E-state index contributed by atoms with van der Waals surface area (Å²) in [6, 6.07) is 1.32. The number of rotatable bonds is 1. The summed E-state index contributed by atoms with van der Waals surface area (Å²) < 4.78 is 0. The van der Waals surface area contributed by atoms with Crippen molar-refractivity contribution >= 4 is 11.5 Å². The van der Waals surface area contributed by atoms with E-state index in [0.29, 0.717) is 17.7 Å². The zero-order valence-electron chi connectivity index (χ0n) is 7.40. The van der Waals surface area contributed by atoms with E-state index in [1.165, 1.54) is 12.3 Å². The summed E-state index contributed by atoms with van der Waals surface area (Å²) in [7, 11) is 0. The minimum Gasteiger partial charge on any atom is -0.294 e. The van der Waals surface area contributed by atoms with Gasteiger partial charge in [-0.3, -0.25) is 19.9 Å². The van der Waals surface area contributed by atoms with E-state index in [0.717, 1.165) is 12.8 Å². The first kappa shape index (κ1) is 8.80. The highest BCUT2D eigenvalue weighted by atomic mass is 16.6. The molecule has 1 aromatic heterocycles. The first-order valence-corrected chi connectivity index (χ1v) is 4.35. The third-order valence-corrected chi connectivity index (χ3v) is 2.28. The summed E-state index contributed by atoms with van der Waals surface area (Å²) in [5.74, 6) is -0.0394. The third-order valence-electron chi connectivity index (χ3n) is 2.28. The van der Waals surface area contributed by atoms with Crippen molar-refractivity contribution in [2.24, 2.45) is 0 Å². The number of ketones is 1. The Bertz CT molecular complexity index is 415. The number of aromatic nitrogens is 1. The molecule has 0 aromatic carbocycles. The molecule has 0 radical (unpaired) electrons. The molecule has 1 aromatic rings. The maximum atomic E-state index is 11.4. The van der Waals surface area contributed by atoms with Crippen LogP contribution in [-0.4, -0.2) is 15.7 Å². The Morgan fingerprint density at radius 1 is 1.43 bits per heavy atom. The van der Waals surface area contributed by atoms with Gasteiger partial charge in [-0.25, -0.2) is 0 Å². The van der Waals surface area contributed by atoms with Crippen LogP contribution < -0.4 is 0 Å². The van der Waals surface area contributed by atoms with Crippen LogP contribution in [0.4, 0.5) is 5.69 Å². The topological polar surface area (TPSA) is 73.1 Å². The first-order chi connectivity index (χ1) is 6.68. The molecule has 0 bridgehead atoms. The zero-order valence-corrected chi connectivity index (χ0v) is 7.40. The molecule has 0 N–H and O–H groups in total. The van der Waals surface area contributed by atoms with Crippen LogP contribution in [0.3, 0.4) is 0 Å². The van der Waals surface area contributed by atoms with Gasteiger partial charge in [-0.1, -0.05) is 0 Å². The number of pyridine rings is 1. The van der Waals surface area contributed by atoms with Crippen LogP contribution in [0.2, 0.25) is 0 Å². The Morgan fingerprint density at radius 2 is 2.21 bits per heavy atom. The number of Topliss-reactive ketones (excluding diaryl/α,β-unsaturated/α-hetero) is 1. The van der Waals surface area contributed by atoms with E-state index in [1.54, 1.807) is 0 Å². The molecule has 1 aliphatic rings. The van der Waals surface area contributed by atoms with Gasteiger partial charge in [-0.2, -0.15) is 0 Å². The van der Waals surface area contributed by atoms with Gasteiger partial charge in [0.2, 0.25) is 0 Å². The summed E-state index contributed by atoms with van der Waals surface area (Å²) in [5.41, 5.74) is 0.997. The Balaban J connectivity index is 2.51. The van der Waals surface area contributed by atoms with Gasteiger partial charge in [0, 0.05) is 18.1 Å². The quantitative estimate of drug-likeness (QED) is 0.499.